The topological polar surface area (TPSA) is 55.1 Å². The van der Waals surface area contributed by atoms with Gasteiger partial charge in [-0.25, -0.2) is 0 Å². The van der Waals surface area contributed by atoms with Gasteiger partial charge in [-0.15, -0.1) is 11.8 Å². The average molecular weight is 300 g/mol. The highest BCUT2D eigenvalue weighted by Crippen LogP contribution is 2.20. The predicted octanol–water partition coefficient (Wildman–Crippen LogP) is 3.95. The number of nitrogen functional groups attached to an aromatic ring is 1. The van der Waals surface area contributed by atoms with Gasteiger partial charge >= 0.3 is 0 Å². The number of nitrogens with two attached hydrogens (primary N) is 1. The van der Waals surface area contributed by atoms with Crippen LogP contribution in [0.2, 0.25) is 0 Å². The number of hydrogen-bond donors (Lipinski definition) is 2. The van der Waals surface area contributed by atoms with E-state index >= 15 is 0 Å². The van der Waals surface area contributed by atoms with Crippen LogP contribution in [0.25, 0.3) is 0 Å². The van der Waals surface area contributed by atoms with Crippen LogP contribution in [0.3, 0.4) is 0 Å². The van der Waals surface area contributed by atoms with E-state index in [2.05, 4.69) is 24.4 Å². The average Bonchev–Trinajstić information content (AvgIpc) is 2.48. The van der Waals surface area contributed by atoms with Crippen LogP contribution in [0, 0.1) is 0 Å². The van der Waals surface area contributed by atoms with E-state index in [1.807, 2.05) is 36.4 Å². The first-order valence-electron chi connectivity index (χ1n) is 7.04. The summed E-state index contributed by atoms with van der Waals surface area (Å²) in [7, 11) is 0. The molecule has 0 bridgehead atoms. The summed E-state index contributed by atoms with van der Waals surface area (Å²) in [5.41, 5.74) is 8.56. The smallest absolute Gasteiger partial charge is 0.234 e. The molecule has 0 fully saturated rings. The minimum absolute atomic E-state index is 0.00864. The number of rotatable bonds is 6. The fourth-order valence-electron chi connectivity index (χ4n) is 1.99. The number of carbonyl (C=O) groups is 1. The first-order valence-corrected chi connectivity index (χ1v) is 8.03. The number of nitrogens with one attached hydrogen (secondary N) is 1. The Balaban J connectivity index is 1.84. The highest BCUT2D eigenvalue weighted by atomic mass is 32.2. The molecule has 0 spiro atoms. The van der Waals surface area contributed by atoms with E-state index in [9.17, 15) is 4.79 Å². The Hall–Kier alpha value is -1.94. The summed E-state index contributed by atoms with van der Waals surface area (Å²) in [6.45, 7) is 2.16. The number of thioether (sulfide) groups is 1. The van der Waals surface area contributed by atoms with Crippen LogP contribution in [-0.2, 0) is 11.2 Å². The second-order valence-corrected chi connectivity index (χ2v) is 5.91. The van der Waals surface area contributed by atoms with E-state index in [4.69, 9.17) is 5.73 Å². The lowest BCUT2D eigenvalue weighted by molar-refractivity contribution is -0.113. The standard InChI is InChI=1S/C17H20N2OS/c1-2-4-13-7-9-15(10-8-13)19-17(20)12-21-16-6-3-5-14(18)11-16/h3,5-11H,2,4,12,18H2,1H3,(H,19,20). The largest absolute Gasteiger partial charge is 0.399 e. The zero-order valence-electron chi connectivity index (χ0n) is 12.1. The normalized spacial score (nSPS) is 10.3. The molecule has 3 N–H and O–H groups in total. The van der Waals surface area contributed by atoms with Crippen LogP contribution in [-0.4, -0.2) is 11.7 Å². The number of hydrogen-bond acceptors (Lipinski definition) is 3. The van der Waals surface area contributed by atoms with Crippen LogP contribution < -0.4 is 11.1 Å². The van der Waals surface area contributed by atoms with Crippen molar-refractivity contribution in [2.24, 2.45) is 0 Å². The van der Waals surface area contributed by atoms with Gasteiger partial charge in [0.1, 0.15) is 0 Å². The molecule has 0 aliphatic carbocycles. The zero-order valence-corrected chi connectivity index (χ0v) is 13.0. The van der Waals surface area contributed by atoms with E-state index < -0.39 is 0 Å². The molecule has 2 rings (SSSR count). The van der Waals surface area contributed by atoms with Crippen molar-refractivity contribution in [3.63, 3.8) is 0 Å². The summed E-state index contributed by atoms with van der Waals surface area (Å²) in [4.78, 5) is 12.9. The minimum atomic E-state index is -0.00864. The van der Waals surface area contributed by atoms with Gasteiger partial charge in [0.15, 0.2) is 0 Å². The lowest BCUT2D eigenvalue weighted by Gasteiger charge is -2.06. The van der Waals surface area contributed by atoms with E-state index in [1.54, 1.807) is 0 Å². The molecule has 0 aliphatic rings. The summed E-state index contributed by atoms with van der Waals surface area (Å²) in [6, 6.07) is 15.6. The van der Waals surface area contributed by atoms with Crippen molar-refractivity contribution in [1.29, 1.82) is 0 Å². The van der Waals surface area contributed by atoms with Gasteiger partial charge in [-0.2, -0.15) is 0 Å². The van der Waals surface area contributed by atoms with E-state index in [1.165, 1.54) is 17.3 Å². The van der Waals surface area contributed by atoms with Crippen molar-refractivity contribution < 1.29 is 4.79 Å². The van der Waals surface area contributed by atoms with E-state index in [0.717, 1.165) is 23.4 Å². The highest BCUT2D eigenvalue weighted by molar-refractivity contribution is 8.00. The number of anilines is 2. The molecule has 4 heteroatoms. The first kappa shape index (κ1) is 15.4. The van der Waals surface area contributed by atoms with E-state index in [0.29, 0.717) is 11.4 Å². The van der Waals surface area contributed by atoms with Crippen molar-refractivity contribution in [3.05, 3.63) is 54.1 Å². The molecular formula is C17H20N2OS. The monoisotopic (exact) mass is 300 g/mol. The molecule has 0 saturated heterocycles. The van der Waals surface area contributed by atoms with Gasteiger partial charge in [0.2, 0.25) is 5.91 Å². The SMILES string of the molecule is CCCc1ccc(NC(=O)CSc2cccc(N)c2)cc1. The summed E-state index contributed by atoms with van der Waals surface area (Å²) in [5.74, 6) is 0.367. The zero-order chi connectivity index (χ0) is 15.1. The number of aryl methyl sites for hydroxylation is 1. The molecule has 0 radical (unpaired) electrons. The van der Waals surface area contributed by atoms with Gasteiger partial charge in [-0.05, 0) is 42.3 Å². The van der Waals surface area contributed by atoms with Gasteiger partial charge < -0.3 is 11.1 Å². The molecule has 0 saturated carbocycles. The van der Waals surface area contributed by atoms with Gasteiger partial charge in [-0.3, -0.25) is 4.79 Å². The Morgan fingerprint density at radius 1 is 1.19 bits per heavy atom. The van der Waals surface area contributed by atoms with Crippen molar-refractivity contribution in [2.45, 2.75) is 24.7 Å². The predicted molar refractivity (Wildman–Crippen MR) is 90.6 cm³/mol. The molecule has 0 aromatic heterocycles. The molecule has 0 heterocycles. The maximum atomic E-state index is 11.9. The van der Waals surface area contributed by atoms with Crippen molar-refractivity contribution >= 4 is 29.0 Å². The molecule has 0 aliphatic heterocycles. The van der Waals surface area contributed by atoms with Crippen molar-refractivity contribution in [2.75, 3.05) is 16.8 Å². The Kier molecular flexibility index (Phi) is 5.69. The lowest BCUT2D eigenvalue weighted by atomic mass is 10.1. The Bertz CT molecular complexity index is 596. The van der Waals surface area contributed by atoms with Gasteiger partial charge in [-0.1, -0.05) is 31.5 Å². The van der Waals surface area contributed by atoms with Crippen molar-refractivity contribution in [1.82, 2.24) is 0 Å². The molecule has 2 aromatic rings. The third kappa shape index (κ3) is 5.16. The molecule has 0 atom stereocenters. The maximum Gasteiger partial charge on any atom is 0.234 e. The molecule has 1 amide bonds. The second-order valence-electron chi connectivity index (χ2n) is 4.86. The molecule has 2 aromatic carbocycles. The molecule has 0 unspecified atom stereocenters. The van der Waals surface area contributed by atoms with Gasteiger partial charge in [0.05, 0.1) is 5.75 Å². The number of carbonyl (C=O) groups excluding carboxylic acids is 1. The Morgan fingerprint density at radius 3 is 2.62 bits per heavy atom. The third-order valence-electron chi connectivity index (χ3n) is 3.00. The highest BCUT2D eigenvalue weighted by Gasteiger charge is 2.04. The quantitative estimate of drug-likeness (QED) is 0.627. The lowest BCUT2D eigenvalue weighted by Crippen LogP contribution is -2.13. The Labute approximate surface area is 129 Å². The summed E-state index contributed by atoms with van der Waals surface area (Å²) in [6.07, 6.45) is 2.20. The minimum Gasteiger partial charge on any atom is -0.399 e. The fourth-order valence-corrected chi connectivity index (χ4v) is 2.76. The van der Waals surface area contributed by atoms with Crippen LogP contribution in [0.5, 0.6) is 0 Å². The molecule has 3 nitrogen and oxygen atoms in total. The van der Waals surface area contributed by atoms with Crippen LogP contribution in [0.15, 0.2) is 53.4 Å². The third-order valence-corrected chi connectivity index (χ3v) is 4.00. The van der Waals surface area contributed by atoms with Crippen LogP contribution in [0.1, 0.15) is 18.9 Å². The molecular weight excluding hydrogens is 280 g/mol. The van der Waals surface area contributed by atoms with Crippen LogP contribution in [0.4, 0.5) is 11.4 Å². The van der Waals surface area contributed by atoms with Gasteiger partial charge in [0, 0.05) is 16.3 Å². The summed E-state index contributed by atoms with van der Waals surface area (Å²) in [5, 5.41) is 2.91. The number of benzene rings is 2. The Morgan fingerprint density at radius 2 is 1.95 bits per heavy atom. The first-order chi connectivity index (χ1) is 10.2. The number of amides is 1. The van der Waals surface area contributed by atoms with Gasteiger partial charge in [0.25, 0.3) is 0 Å². The molecule has 21 heavy (non-hydrogen) atoms. The second kappa shape index (κ2) is 7.74. The maximum absolute atomic E-state index is 11.9. The molecule has 110 valence electrons. The summed E-state index contributed by atoms with van der Waals surface area (Å²) >= 11 is 1.48. The fraction of sp³-hybridized carbons (Fsp3) is 0.235. The van der Waals surface area contributed by atoms with Crippen molar-refractivity contribution in [3.8, 4) is 0 Å². The summed E-state index contributed by atoms with van der Waals surface area (Å²) < 4.78 is 0. The van der Waals surface area contributed by atoms with E-state index in [-0.39, 0.29) is 5.91 Å². The van der Waals surface area contributed by atoms with Crippen LogP contribution >= 0.6 is 11.8 Å².